The molecule has 0 aliphatic carbocycles. The summed E-state index contributed by atoms with van der Waals surface area (Å²) in [6.45, 7) is 21.0. The van der Waals surface area contributed by atoms with Gasteiger partial charge in [-0.3, -0.25) is 67.1 Å². The van der Waals surface area contributed by atoms with Gasteiger partial charge >= 0.3 is 41.8 Å². The molecule has 1 aromatic rings. The Morgan fingerprint density at radius 3 is 0.914 bits per heavy atom. The molecule has 7 amide bonds. The number of nitrogens with one attached hydrogen (secondary N) is 7. The third kappa shape index (κ3) is 40.6. The van der Waals surface area contributed by atoms with E-state index in [2.05, 4.69) is 37.2 Å². The van der Waals surface area contributed by atoms with Crippen LogP contribution >= 0.6 is 0 Å². The quantitative estimate of drug-likeness (QED) is 0.0223. The van der Waals surface area contributed by atoms with Crippen molar-refractivity contribution in [1.82, 2.24) is 37.2 Å². The molecule has 656 valence electrons. The van der Waals surface area contributed by atoms with Gasteiger partial charge in [0.25, 0.3) is 0 Å². The number of hydrogen-bond donors (Lipinski definition) is 7. The van der Waals surface area contributed by atoms with Crippen LogP contribution in [-0.4, -0.2) is 223 Å². The lowest BCUT2D eigenvalue weighted by Crippen LogP contribution is -2.53. The van der Waals surface area contributed by atoms with E-state index in [1.807, 2.05) is 71.9 Å². The van der Waals surface area contributed by atoms with E-state index in [1.54, 1.807) is 0 Å². The van der Waals surface area contributed by atoms with Gasteiger partial charge in [-0.25, -0.2) is 0 Å². The van der Waals surface area contributed by atoms with Gasteiger partial charge in [0, 0.05) is 193 Å². The van der Waals surface area contributed by atoms with E-state index in [4.69, 9.17) is 61.6 Å². The monoisotopic (exact) mass is 1650 g/mol. The maximum atomic E-state index is 14.1. The smallest absolute Gasteiger partial charge is 0.306 e. The topological polar surface area (TPSA) is 443 Å². The lowest BCUT2D eigenvalue weighted by atomic mass is 9.82. The van der Waals surface area contributed by atoms with Crippen LogP contribution in [0.25, 0.3) is 0 Å². The molecule has 34 nitrogen and oxygen atoms in total. The zero-order valence-corrected chi connectivity index (χ0v) is 70.1. The summed E-state index contributed by atoms with van der Waals surface area (Å²) in [5.74, 6) is -6.85. The molecule has 1 aromatic carbocycles. The highest BCUT2D eigenvalue weighted by Crippen LogP contribution is 2.37. The molecule has 0 spiro atoms. The minimum atomic E-state index is -1.32. The molecule has 3 heterocycles. The summed E-state index contributed by atoms with van der Waals surface area (Å²) in [5, 5.41) is 20.3. The first-order chi connectivity index (χ1) is 55.3. The number of amides is 7. The van der Waals surface area contributed by atoms with Gasteiger partial charge < -0.3 is 98.8 Å². The predicted octanol–water partition coefficient (Wildman–Crippen LogP) is 6.00. The summed E-state index contributed by atoms with van der Waals surface area (Å²) < 4.78 is 74.1. The summed E-state index contributed by atoms with van der Waals surface area (Å²) in [6.07, 6.45) is -1.96. The van der Waals surface area contributed by atoms with Gasteiger partial charge in [-0.2, -0.15) is 0 Å². The number of hydrogen-bond acceptors (Lipinski definition) is 27. The van der Waals surface area contributed by atoms with Crippen molar-refractivity contribution in [2.75, 3.05) is 78.9 Å². The Morgan fingerprint density at radius 2 is 0.621 bits per heavy atom. The fourth-order valence-corrected chi connectivity index (χ4v) is 13.6. The highest BCUT2D eigenvalue weighted by Gasteiger charge is 2.47. The molecule has 0 aromatic heterocycles. The van der Waals surface area contributed by atoms with Crippen LogP contribution in [0.2, 0.25) is 0 Å². The molecule has 0 radical (unpaired) electrons. The number of unbranched alkanes of at least 4 members (excludes halogenated alkanes) is 3. The molecule has 7 N–H and O–H groups in total. The zero-order chi connectivity index (χ0) is 85.5. The minimum absolute atomic E-state index is 0.0127. The van der Waals surface area contributed by atoms with E-state index in [-0.39, 0.29) is 216 Å². The summed E-state index contributed by atoms with van der Waals surface area (Å²) in [5.41, 5.74) is -0.532. The van der Waals surface area contributed by atoms with E-state index >= 15 is 0 Å². The molecule has 0 bridgehead atoms. The summed E-state index contributed by atoms with van der Waals surface area (Å²) in [6, 6.07) is 9.10. The average molecular weight is 1650 g/mol. The summed E-state index contributed by atoms with van der Waals surface area (Å²) in [7, 11) is 0. The number of carbonyl (C=O) groups is 14. The van der Waals surface area contributed by atoms with E-state index in [1.165, 1.54) is 41.5 Å². The Balaban J connectivity index is 1.33. The van der Waals surface area contributed by atoms with E-state index < -0.39 is 126 Å². The number of ether oxygens (including phenoxy) is 13. The second-order valence-electron chi connectivity index (χ2n) is 30.4. The maximum Gasteiger partial charge on any atom is 0.306 e. The number of carbonyl (C=O) groups excluding carboxylic acids is 14. The molecule has 34 heteroatoms. The summed E-state index contributed by atoms with van der Waals surface area (Å²) >= 11 is 0. The zero-order valence-electron chi connectivity index (χ0n) is 70.1. The molecular weight excluding hydrogens is 1510 g/mol. The van der Waals surface area contributed by atoms with Crippen molar-refractivity contribution in [3.8, 4) is 0 Å². The SMILES string of the molecule is CC(=O)OCC1OC(OCCCCC(=O)NCCCNC(=O)CCC(CCC(=O)NCCCNC(=O)CCCCOC2OC(COC(C)=O)C(OC(C)=O)C(C)C2C)(CCC(=O)NCCCNC(=O)CCCCOC2OC(COC(C)=O)C(OC(C)=O)C(C)C2C)NC(=O)CCCC(=O)OCc2ccccc2)C(C)C(C)C1OC(C)=O. The minimum Gasteiger partial charge on any atom is -0.463 e. The first-order valence-electron chi connectivity index (χ1n) is 41.1. The van der Waals surface area contributed by atoms with E-state index in [0.29, 0.717) is 57.8 Å². The summed E-state index contributed by atoms with van der Waals surface area (Å²) in [4.78, 5) is 177. The van der Waals surface area contributed by atoms with Crippen LogP contribution in [0.4, 0.5) is 0 Å². The third-order valence-corrected chi connectivity index (χ3v) is 20.8. The Labute approximate surface area is 682 Å². The highest BCUT2D eigenvalue weighted by atomic mass is 16.7. The van der Waals surface area contributed by atoms with Crippen molar-refractivity contribution in [2.24, 2.45) is 35.5 Å². The van der Waals surface area contributed by atoms with Crippen LogP contribution in [0.3, 0.4) is 0 Å². The van der Waals surface area contributed by atoms with Gasteiger partial charge in [0.2, 0.25) is 41.4 Å². The molecule has 3 aliphatic rings. The van der Waals surface area contributed by atoms with Crippen molar-refractivity contribution >= 4 is 83.1 Å². The van der Waals surface area contributed by atoms with Crippen molar-refractivity contribution in [1.29, 1.82) is 0 Å². The second-order valence-corrected chi connectivity index (χ2v) is 30.4. The lowest BCUT2D eigenvalue weighted by Gasteiger charge is -2.43. The number of benzene rings is 1. The number of esters is 7. The fraction of sp³-hybridized carbons (Fsp3) is 0.756. The molecule has 3 saturated heterocycles. The van der Waals surface area contributed by atoms with Crippen LogP contribution in [0.5, 0.6) is 0 Å². The normalized spacial score (nSPS) is 23.4. The number of rotatable bonds is 55. The van der Waals surface area contributed by atoms with Crippen molar-refractivity contribution in [3.63, 3.8) is 0 Å². The van der Waals surface area contributed by atoms with E-state index in [9.17, 15) is 67.1 Å². The first-order valence-corrected chi connectivity index (χ1v) is 41.1. The van der Waals surface area contributed by atoms with Gasteiger partial charge in [0.1, 0.15) is 63.1 Å². The van der Waals surface area contributed by atoms with E-state index in [0.717, 1.165) is 5.56 Å². The van der Waals surface area contributed by atoms with Gasteiger partial charge in [-0.15, -0.1) is 0 Å². The van der Waals surface area contributed by atoms with Crippen molar-refractivity contribution < 1.29 is 129 Å². The molecular formula is C82H131N7O27. The van der Waals surface area contributed by atoms with Gasteiger partial charge in [0.15, 0.2) is 18.9 Å². The molecule has 3 aliphatic heterocycles. The molecule has 4 rings (SSSR count). The van der Waals surface area contributed by atoms with Gasteiger partial charge in [-0.05, 0) is 89.0 Å². The fourth-order valence-electron chi connectivity index (χ4n) is 13.6. The lowest BCUT2D eigenvalue weighted by molar-refractivity contribution is -0.273. The average Bonchev–Trinajstić information content (AvgIpc) is 0.815. The Hall–Kier alpha value is -8.44. The third-order valence-electron chi connectivity index (χ3n) is 20.8. The Kier molecular flexibility index (Phi) is 47.6. The van der Waals surface area contributed by atoms with Crippen LogP contribution in [0.15, 0.2) is 30.3 Å². The molecule has 15 atom stereocenters. The van der Waals surface area contributed by atoms with Crippen LogP contribution in [0.1, 0.15) is 223 Å². The maximum absolute atomic E-state index is 14.1. The molecule has 0 saturated carbocycles. The highest BCUT2D eigenvalue weighted by molar-refractivity contribution is 5.81. The van der Waals surface area contributed by atoms with Crippen molar-refractivity contribution in [3.05, 3.63) is 35.9 Å². The second kappa shape index (κ2) is 55.3. The van der Waals surface area contributed by atoms with Gasteiger partial charge in [-0.1, -0.05) is 71.9 Å². The first kappa shape index (κ1) is 99.9. The van der Waals surface area contributed by atoms with Crippen LogP contribution in [0, 0.1) is 35.5 Å². The van der Waals surface area contributed by atoms with Crippen LogP contribution < -0.4 is 37.2 Å². The largest absolute Gasteiger partial charge is 0.463 e. The standard InChI is InChI=1S/C82H131N7O27/c1-52-55(4)79(114-65(49-107-58(7)90)76(52)111-61(10)93)104-45-19-16-28-68(96)83-39-23-42-86-71(99)33-36-82(89-74(102)31-22-32-75(103)110-48-64-26-14-13-15-27-64,37-34-72(100)87-43-24-40-84-69(97)29-17-20-46-105-80-56(5)53(2)77(112-62(11)94)66(115-80)50-108-59(8)91)38-35-73(101)88-44-25-41-85-70(98)30-18-21-47-106-81-57(6)54(3)78(113-63(12)95)67(116-81)51-109-60(9)92/h13-15,26-27,52-57,65-67,76-81H,16-25,28-51H2,1-12H3,(H,83,96)(H,84,97)(H,85,98)(H,86,99)(H,87,100)(H,88,101)(H,89,102). The Bertz CT molecular complexity index is 2970. The van der Waals surface area contributed by atoms with Crippen LogP contribution in [-0.2, 0) is 135 Å². The van der Waals surface area contributed by atoms with Gasteiger partial charge in [0.05, 0.1) is 0 Å². The Morgan fingerprint density at radius 1 is 0.328 bits per heavy atom. The molecule has 116 heavy (non-hydrogen) atoms. The van der Waals surface area contributed by atoms with Crippen molar-refractivity contribution in [2.45, 2.75) is 286 Å². The predicted molar refractivity (Wildman–Crippen MR) is 418 cm³/mol. The molecule has 15 unspecified atom stereocenters. The molecule has 3 fully saturated rings.